The van der Waals surface area contributed by atoms with Gasteiger partial charge in [-0.3, -0.25) is 0 Å². The molecule has 0 amide bonds. The number of aliphatic hydroxyl groups excluding tert-OH is 1. The van der Waals surface area contributed by atoms with Gasteiger partial charge in [0.15, 0.2) is 0 Å². The molecule has 112 valence electrons. The number of para-hydroxylation sites is 1. The third-order valence-corrected chi connectivity index (χ3v) is 3.96. The first-order valence-corrected chi connectivity index (χ1v) is 7.38. The average molecular weight is 279 g/mol. The number of aliphatic hydroxyl groups is 2. The fraction of sp³-hybridized carbons (Fsp3) is 0.625. The number of nitrogens with zero attached hydrogens (tertiary/aromatic N) is 1. The largest absolute Gasteiger partial charge is 0.494 e. The van der Waals surface area contributed by atoms with E-state index >= 15 is 0 Å². The molecule has 0 bridgehead atoms. The fourth-order valence-electron chi connectivity index (χ4n) is 2.43. The predicted octanol–water partition coefficient (Wildman–Crippen LogP) is 1.66. The summed E-state index contributed by atoms with van der Waals surface area (Å²) in [7, 11) is 0. The first-order chi connectivity index (χ1) is 9.58. The van der Waals surface area contributed by atoms with Crippen LogP contribution in [0.1, 0.15) is 26.2 Å². The lowest BCUT2D eigenvalue weighted by atomic mass is 9.91. The van der Waals surface area contributed by atoms with E-state index in [9.17, 15) is 10.2 Å². The fourth-order valence-corrected chi connectivity index (χ4v) is 2.43. The van der Waals surface area contributed by atoms with Gasteiger partial charge in [0.25, 0.3) is 0 Å². The highest BCUT2D eigenvalue weighted by molar-refractivity contribution is 5.20. The molecule has 2 atom stereocenters. The molecular weight excluding hydrogens is 254 g/mol. The lowest BCUT2D eigenvalue weighted by Crippen LogP contribution is -2.53. The molecule has 0 saturated carbocycles. The van der Waals surface area contributed by atoms with Crippen LogP contribution >= 0.6 is 0 Å². The lowest BCUT2D eigenvalue weighted by Gasteiger charge is -2.39. The van der Waals surface area contributed by atoms with Crippen molar-refractivity contribution in [2.45, 2.75) is 37.9 Å². The van der Waals surface area contributed by atoms with Gasteiger partial charge < -0.3 is 19.8 Å². The molecule has 0 aliphatic carbocycles. The summed E-state index contributed by atoms with van der Waals surface area (Å²) in [5.74, 6) is 0.914. The normalized spacial score (nSPS) is 27.4. The van der Waals surface area contributed by atoms with Gasteiger partial charge >= 0.3 is 0 Å². The molecule has 1 saturated heterocycles. The minimum atomic E-state index is -0.924. The monoisotopic (exact) mass is 279 g/mol. The van der Waals surface area contributed by atoms with Crippen molar-refractivity contribution >= 4 is 0 Å². The van der Waals surface area contributed by atoms with Gasteiger partial charge in [0, 0.05) is 13.1 Å². The maximum absolute atomic E-state index is 9.90. The Bertz CT molecular complexity index is 394. The molecule has 1 aliphatic heterocycles. The van der Waals surface area contributed by atoms with Crippen molar-refractivity contribution in [3.8, 4) is 5.75 Å². The number of rotatable bonds is 6. The zero-order chi connectivity index (χ0) is 14.4. The van der Waals surface area contributed by atoms with E-state index in [1.807, 2.05) is 30.3 Å². The molecule has 4 nitrogen and oxygen atoms in total. The van der Waals surface area contributed by atoms with Crippen molar-refractivity contribution in [1.29, 1.82) is 0 Å². The molecule has 0 spiro atoms. The van der Waals surface area contributed by atoms with Gasteiger partial charge in [0.1, 0.15) is 5.75 Å². The smallest absolute Gasteiger partial charge is 0.119 e. The van der Waals surface area contributed by atoms with E-state index in [4.69, 9.17) is 4.74 Å². The number of β-amino-alcohol motifs (C(OH)–C–C–N with tert-alkyl or cyclic N) is 1. The summed E-state index contributed by atoms with van der Waals surface area (Å²) in [6, 6.07) is 9.84. The molecule has 0 aromatic heterocycles. The zero-order valence-electron chi connectivity index (χ0n) is 12.2. The Balaban J connectivity index is 1.58. The van der Waals surface area contributed by atoms with Gasteiger partial charge in [-0.05, 0) is 44.9 Å². The summed E-state index contributed by atoms with van der Waals surface area (Å²) in [6.45, 7) is 4.79. The lowest BCUT2D eigenvalue weighted by molar-refractivity contribution is -0.107. The molecule has 0 unspecified atom stereocenters. The standard InChI is InChI=1S/C16H25NO3/c1-16(19)9-11-17(13-15(16)18)10-5-6-12-20-14-7-3-2-4-8-14/h2-4,7-8,15,18-19H,5-6,9-13H2,1H3/t15-,16+/m0/s1. The highest BCUT2D eigenvalue weighted by Gasteiger charge is 2.35. The molecule has 0 radical (unpaired) electrons. The topological polar surface area (TPSA) is 52.9 Å². The molecule has 2 rings (SSSR count). The molecular formula is C16H25NO3. The van der Waals surface area contributed by atoms with Crippen molar-refractivity contribution < 1.29 is 14.9 Å². The predicted molar refractivity (Wildman–Crippen MR) is 78.9 cm³/mol. The second kappa shape index (κ2) is 7.07. The maximum atomic E-state index is 9.90. The molecule has 1 aliphatic rings. The first kappa shape index (κ1) is 15.3. The number of likely N-dealkylation sites (tertiary alicyclic amines) is 1. The average Bonchev–Trinajstić information content (AvgIpc) is 2.44. The number of benzene rings is 1. The third-order valence-electron chi connectivity index (χ3n) is 3.96. The highest BCUT2D eigenvalue weighted by atomic mass is 16.5. The quantitative estimate of drug-likeness (QED) is 0.778. The Morgan fingerprint density at radius 1 is 1.30 bits per heavy atom. The van der Waals surface area contributed by atoms with E-state index in [1.165, 1.54) is 0 Å². The Labute approximate surface area is 121 Å². The van der Waals surface area contributed by atoms with Crippen molar-refractivity contribution in [3.63, 3.8) is 0 Å². The zero-order valence-corrected chi connectivity index (χ0v) is 12.2. The number of unbranched alkanes of at least 4 members (excludes halogenated alkanes) is 1. The SMILES string of the molecule is C[C@@]1(O)CCN(CCCCOc2ccccc2)C[C@@H]1O. The maximum Gasteiger partial charge on any atom is 0.119 e. The van der Waals surface area contributed by atoms with Crippen molar-refractivity contribution in [2.24, 2.45) is 0 Å². The van der Waals surface area contributed by atoms with Gasteiger partial charge in [-0.2, -0.15) is 0 Å². The molecule has 4 heteroatoms. The first-order valence-electron chi connectivity index (χ1n) is 7.38. The van der Waals surface area contributed by atoms with Crippen molar-refractivity contribution in [2.75, 3.05) is 26.2 Å². The second-order valence-corrected chi connectivity index (χ2v) is 5.79. The number of ether oxygens (including phenoxy) is 1. The van der Waals surface area contributed by atoms with Gasteiger partial charge in [-0.25, -0.2) is 0 Å². The summed E-state index contributed by atoms with van der Waals surface area (Å²) in [5.41, 5.74) is -0.924. The van der Waals surface area contributed by atoms with Crippen LogP contribution in [0.4, 0.5) is 0 Å². The Morgan fingerprint density at radius 3 is 2.75 bits per heavy atom. The van der Waals surface area contributed by atoms with Gasteiger partial charge in [0.2, 0.25) is 0 Å². The van der Waals surface area contributed by atoms with Gasteiger partial charge in [-0.15, -0.1) is 0 Å². The van der Waals surface area contributed by atoms with Crippen molar-refractivity contribution in [1.82, 2.24) is 4.90 Å². The molecule has 1 aromatic rings. The van der Waals surface area contributed by atoms with E-state index < -0.39 is 11.7 Å². The molecule has 20 heavy (non-hydrogen) atoms. The van der Waals surface area contributed by atoms with Crippen LogP contribution in [-0.2, 0) is 0 Å². The van der Waals surface area contributed by atoms with Gasteiger partial charge in [0.05, 0.1) is 18.3 Å². The minimum Gasteiger partial charge on any atom is -0.494 e. The van der Waals surface area contributed by atoms with Crippen LogP contribution in [-0.4, -0.2) is 53.1 Å². The van der Waals surface area contributed by atoms with Crippen molar-refractivity contribution in [3.05, 3.63) is 30.3 Å². The van der Waals surface area contributed by atoms with Crippen LogP contribution in [0.15, 0.2) is 30.3 Å². The van der Waals surface area contributed by atoms with E-state index in [2.05, 4.69) is 4.90 Å². The van der Waals surface area contributed by atoms with Crippen LogP contribution in [0.3, 0.4) is 0 Å². The van der Waals surface area contributed by atoms with E-state index in [1.54, 1.807) is 6.92 Å². The van der Waals surface area contributed by atoms with E-state index in [-0.39, 0.29) is 0 Å². The summed E-state index contributed by atoms with van der Waals surface area (Å²) in [6.07, 6.45) is 2.03. The summed E-state index contributed by atoms with van der Waals surface area (Å²) >= 11 is 0. The summed E-state index contributed by atoms with van der Waals surface area (Å²) < 4.78 is 5.64. The van der Waals surface area contributed by atoms with Crippen LogP contribution < -0.4 is 4.74 Å². The Hall–Kier alpha value is -1.10. The minimum absolute atomic E-state index is 0.562. The molecule has 2 N–H and O–H groups in total. The van der Waals surface area contributed by atoms with E-state index in [0.29, 0.717) is 13.0 Å². The second-order valence-electron chi connectivity index (χ2n) is 5.79. The summed E-state index contributed by atoms with van der Waals surface area (Å²) in [4.78, 5) is 2.21. The Morgan fingerprint density at radius 2 is 2.05 bits per heavy atom. The molecule has 1 aromatic carbocycles. The Kier molecular flexibility index (Phi) is 5.40. The summed E-state index contributed by atoms with van der Waals surface area (Å²) in [5, 5.41) is 19.7. The van der Waals surface area contributed by atoms with Crippen LogP contribution in [0.2, 0.25) is 0 Å². The third kappa shape index (κ3) is 4.47. The van der Waals surface area contributed by atoms with E-state index in [0.717, 1.165) is 38.3 Å². The van der Waals surface area contributed by atoms with Crippen LogP contribution in [0.5, 0.6) is 5.75 Å². The van der Waals surface area contributed by atoms with Crippen LogP contribution in [0, 0.1) is 0 Å². The van der Waals surface area contributed by atoms with Gasteiger partial charge in [-0.1, -0.05) is 18.2 Å². The number of hydrogen-bond donors (Lipinski definition) is 2. The molecule has 1 fully saturated rings. The number of piperidine rings is 1. The number of hydrogen-bond acceptors (Lipinski definition) is 4. The van der Waals surface area contributed by atoms with Crippen LogP contribution in [0.25, 0.3) is 0 Å². The molecule has 1 heterocycles. The highest BCUT2D eigenvalue weighted by Crippen LogP contribution is 2.22.